The van der Waals surface area contributed by atoms with Gasteiger partial charge in [0.25, 0.3) is 0 Å². The van der Waals surface area contributed by atoms with Crippen molar-refractivity contribution < 1.29 is 13.2 Å². The van der Waals surface area contributed by atoms with E-state index >= 15 is 0 Å². The summed E-state index contributed by atoms with van der Waals surface area (Å²) in [6.07, 6.45) is 0. The molecule has 108 valence electrons. The van der Waals surface area contributed by atoms with Crippen LogP contribution in [0, 0.1) is 0 Å². The van der Waals surface area contributed by atoms with E-state index in [1.54, 1.807) is 19.9 Å². The molecule has 0 amide bonds. The van der Waals surface area contributed by atoms with Crippen molar-refractivity contribution in [2.75, 3.05) is 13.2 Å². The van der Waals surface area contributed by atoms with Crippen LogP contribution in [0.25, 0.3) is 0 Å². The Kier molecular flexibility index (Phi) is 5.37. The van der Waals surface area contributed by atoms with Crippen LogP contribution in [0.2, 0.25) is 0 Å². The maximum atomic E-state index is 12.1. The smallest absolute Gasteiger partial charge is 0.240 e. The van der Waals surface area contributed by atoms with E-state index < -0.39 is 15.6 Å². The Balaban J connectivity index is 2.93. The Morgan fingerprint density at radius 2 is 2.05 bits per heavy atom. The van der Waals surface area contributed by atoms with Crippen LogP contribution in [0.1, 0.15) is 20.8 Å². The molecule has 0 saturated heterocycles. The third kappa shape index (κ3) is 5.10. The Morgan fingerprint density at radius 1 is 1.42 bits per heavy atom. The van der Waals surface area contributed by atoms with Crippen LogP contribution in [0.4, 0.5) is 0 Å². The average Bonchev–Trinajstić information content (AvgIpc) is 2.29. The van der Waals surface area contributed by atoms with Crippen LogP contribution >= 0.6 is 15.9 Å². The monoisotopic (exact) mass is 350 g/mol. The van der Waals surface area contributed by atoms with Crippen LogP contribution in [0.15, 0.2) is 27.6 Å². The highest BCUT2D eigenvalue weighted by Crippen LogP contribution is 2.27. The number of halogens is 1. The number of nitrogens with one attached hydrogen (secondary N) is 1. The highest BCUT2D eigenvalue weighted by molar-refractivity contribution is 9.10. The van der Waals surface area contributed by atoms with Crippen molar-refractivity contribution in [1.82, 2.24) is 4.72 Å². The van der Waals surface area contributed by atoms with Gasteiger partial charge in [-0.2, -0.15) is 0 Å². The molecule has 0 fully saturated rings. The molecule has 7 heteroatoms. The van der Waals surface area contributed by atoms with E-state index in [9.17, 15) is 8.42 Å². The molecule has 1 aromatic rings. The zero-order valence-electron chi connectivity index (χ0n) is 11.2. The van der Waals surface area contributed by atoms with Crippen LogP contribution in [-0.2, 0) is 10.0 Å². The van der Waals surface area contributed by atoms with E-state index in [0.29, 0.717) is 16.8 Å². The molecule has 0 radical (unpaired) electrons. The van der Waals surface area contributed by atoms with Crippen LogP contribution in [-0.4, -0.2) is 27.1 Å². The molecule has 0 heterocycles. The number of sulfonamides is 1. The molecule has 0 atom stereocenters. The lowest BCUT2D eigenvalue weighted by Crippen LogP contribution is -2.45. The summed E-state index contributed by atoms with van der Waals surface area (Å²) in [6.45, 7) is 6.06. The van der Waals surface area contributed by atoms with Gasteiger partial charge in [0.1, 0.15) is 5.75 Å². The van der Waals surface area contributed by atoms with Gasteiger partial charge in [0.05, 0.1) is 16.0 Å². The Bertz CT molecular complexity index is 538. The minimum absolute atomic E-state index is 0.167. The Labute approximate surface area is 122 Å². The van der Waals surface area contributed by atoms with Gasteiger partial charge in [-0.25, -0.2) is 13.1 Å². The quantitative estimate of drug-likeness (QED) is 0.820. The number of hydrogen-bond donors (Lipinski definition) is 2. The van der Waals surface area contributed by atoms with E-state index in [4.69, 9.17) is 10.5 Å². The fourth-order valence-corrected chi connectivity index (χ4v) is 3.18. The standard InChI is InChI=1S/C12H19BrN2O3S/c1-4-18-11-6-5-9(7-10(11)13)19(16,17)15-8-12(2,3)14/h5-7,15H,4,8,14H2,1-3H3. The molecule has 0 spiro atoms. The van der Waals surface area contributed by atoms with E-state index in [-0.39, 0.29) is 11.4 Å². The second kappa shape index (κ2) is 6.21. The fraction of sp³-hybridized carbons (Fsp3) is 0.500. The normalized spacial score (nSPS) is 12.5. The van der Waals surface area contributed by atoms with Gasteiger partial charge in [-0.15, -0.1) is 0 Å². The van der Waals surface area contributed by atoms with Gasteiger partial charge in [0.15, 0.2) is 0 Å². The summed E-state index contributed by atoms with van der Waals surface area (Å²) in [5, 5.41) is 0. The molecule has 1 rings (SSSR count). The molecule has 0 bridgehead atoms. The predicted octanol–water partition coefficient (Wildman–Crippen LogP) is 1.86. The third-order valence-corrected chi connectivity index (χ3v) is 4.25. The Morgan fingerprint density at radius 3 is 2.53 bits per heavy atom. The SMILES string of the molecule is CCOc1ccc(S(=O)(=O)NCC(C)(C)N)cc1Br. The van der Waals surface area contributed by atoms with Crippen molar-refractivity contribution >= 4 is 26.0 Å². The fourth-order valence-electron chi connectivity index (χ4n) is 1.29. The number of hydrogen-bond acceptors (Lipinski definition) is 4. The highest BCUT2D eigenvalue weighted by Gasteiger charge is 2.19. The van der Waals surface area contributed by atoms with Crippen molar-refractivity contribution in [1.29, 1.82) is 0 Å². The minimum atomic E-state index is -3.56. The second-order valence-corrected chi connectivity index (χ2v) is 7.46. The van der Waals surface area contributed by atoms with Gasteiger partial charge >= 0.3 is 0 Å². The van der Waals surface area contributed by atoms with Crippen LogP contribution in [0.5, 0.6) is 5.75 Å². The first-order valence-electron chi connectivity index (χ1n) is 5.86. The second-order valence-electron chi connectivity index (χ2n) is 4.84. The lowest BCUT2D eigenvalue weighted by Gasteiger charge is -2.19. The molecular weight excluding hydrogens is 332 g/mol. The van der Waals surface area contributed by atoms with Crippen LogP contribution in [0.3, 0.4) is 0 Å². The van der Waals surface area contributed by atoms with Crippen LogP contribution < -0.4 is 15.2 Å². The van der Waals surface area contributed by atoms with Gasteiger partial charge in [0, 0.05) is 12.1 Å². The molecule has 5 nitrogen and oxygen atoms in total. The zero-order valence-corrected chi connectivity index (χ0v) is 13.6. The molecule has 0 unspecified atom stereocenters. The van der Waals surface area contributed by atoms with E-state index in [0.717, 1.165) is 0 Å². The van der Waals surface area contributed by atoms with Gasteiger partial charge in [0.2, 0.25) is 10.0 Å². The topological polar surface area (TPSA) is 81.4 Å². The number of benzene rings is 1. The minimum Gasteiger partial charge on any atom is -0.493 e. The molecule has 3 N–H and O–H groups in total. The molecule has 0 aliphatic heterocycles. The first-order valence-corrected chi connectivity index (χ1v) is 8.14. The molecule has 0 aliphatic rings. The summed E-state index contributed by atoms with van der Waals surface area (Å²) < 4.78 is 32.6. The maximum Gasteiger partial charge on any atom is 0.240 e. The van der Waals surface area contributed by atoms with Gasteiger partial charge in [-0.1, -0.05) is 0 Å². The third-order valence-electron chi connectivity index (χ3n) is 2.23. The number of rotatable bonds is 6. The number of nitrogens with two attached hydrogens (primary N) is 1. The largest absolute Gasteiger partial charge is 0.493 e. The number of ether oxygens (including phenoxy) is 1. The molecule has 0 saturated carbocycles. The Hall–Kier alpha value is -0.630. The van der Waals surface area contributed by atoms with Crippen molar-refractivity contribution in [3.8, 4) is 5.75 Å². The zero-order chi connectivity index (χ0) is 14.7. The average molecular weight is 351 g/mol. The summed E-state index contributed by atoms with van der Waals surface area (Å²) in [6, 6.07) is 4.63. The first kappa shape index (κ1) is 16.4. The lowest BCUT2D eigenvalue weighted by atomic mass is 10.1. The van der Waals surface area contributed by atoms with Crippen molar-refractivity contribution in [3.63, 3.8) is 0 Å². The molecule has 0 aromatic heterocycles. The summed E-state index contributed by atoms with van der Waals surface area (Å²) in [7, 11) is -3.56. The predicted molar refractivity (Wildman–Crippen MR) is 78.8 cm³/mol. The highest BCUT2D eigenvalue weighted by atomic mass is 79.9. The van der Waals surface area contributed by atoms with E-state index in [2.05, 4.69) is 20.7 Å². The molecule has 0 aliphatic carbocycles. The van der Waals surface area contributed by atoms with Gasteiger partial charge in [-0.05, 0) is 54.9 Å². The van der Waals surface area contributed by atoms with E-state index in [1.165, 1.54) is 12.1 Å². The maximum absolute atomic E-state index is 12.1. The summed E-state index contributed by atoms with van der Waals surface area (Å²) >= 11 is 3.29. The summed E-state index contributed by atoms with van der Waals surface area (Å²) in [4.78, 5) is 0.173. The summed E-state index contributed by atoms with van der Waals surface area (Å²) in [5.41, 5.74) is 5.16. The molecular formula is C12H19BrN2O3S. The van der Waals surface area contributed by atoms with Crippen molar-refractivity contribution in [3.05, 3.63) is 22.7 Å². The van der Waals surface area contributed by atoms with E-state index in [1.807, 2.05) is 6.92 Å². The molecule has 1 aromatic carbocycles. The van der Waals surface area contributed by atoms with Crippen molar-refractivity contribution in [2.24, 2.45) is 5.73 Å². The van der Waals surface area contributed by atoms with Gasteiger partial charge < -0.3 is 10.5 Å². The first-order chi connectivity index (χ1) is 8.65. The lowest BCUT2D eigenvalue weighted by molar-refractivity contribution is 0.338. The molecule has 19 heavy (non-hydrogen) atoms. The van der Waals surface area contributed by atoms with Crippen molar-refractivity contribution in [2.45, 2.75) is 31.2 Å². The van der Waals surface area contributed by atoms with Gasteiger partial charge in [-0.3, -0.25) is 0 Å². The summed E-state index contributed by atoms with van der Waals surface area (Å²) in [5.74, 6) is 0.612.